The Hall–Kier alpha value is -2.63. The Balaban J connectivity index is 2.43. The maximum atomic E-state index is 10.4. The fourth-order valence-electron chi connectivity index (χ4n) is 1.39. The molecule has 0 aliphatic carbocycles. The van der Waals surface area contributed by atoms with Crippen molar-refractivity contribution in [1.82, 2.24) is 4.98 Å². The average molecular weight is 232 g/mol. The number of pyridine rings is 1. The van der Waals surface area contributed by atoms with Crippen LogP contribution in [-0.4, -0.2) is 20.1 Å². The van der Waals surface area contributed by atoms with Crippen LogP contribution in [-0.2, 0) is 0 Å². The van der Waals surface area contributed by atoms with E-state index in [-0.39, 0.29) is 17.2 Å². The lowest BCUT2D eigenvalue weighted by atomic mass is 10.1. The van der Waals surface area contributed by atoms with Crippen LogP contribution in [0.5, 0.6) is 11.5 Å². The smallest absolute Gasteiger partial charge is 0.287 e. The summed E-state index contributed by atoms with van der Waals surface area (Å²) in [6.45, 7) is 0. The predicted octanol–water partition coefficient (Wildman–Crippen LogP) is 2.07. The lowest BCUT2D eigenvalue weighted by molar-refractivity contribution is -0.385. The molecule has 0 atom stereocenters. The molecule has 1 heterocycles. The summed E-state index contributed by atoms with van der Waals surface area (Å²) in [6.07, 6.45) is 1.11. The molecule has 0 aliphatic heterocycles. The molecule has 17 heavy (non-hydrogen) atoms. The summed E-state index contributed by atoms with van der Waals surface area (Å²) in [6, 6.07) is 6.80. The van der Waals surface area contributed by atoms with Gasteiger partial charge in [-0.15, -0.1) is 0 Å². The third kappa shape index (κ3) is 2.15. The van der Waals surface area contributed by atoms with Gasteiger partial charge in [-0.3, -0.25) is 10.1 Å². The second-order valence-electron chi connectivity index (χ2n) is 3.36. The number of phenols is 2. The number of phenolic OH excluding ortho intramolecular Hbond substituents is 2. The molecule has 0 radical (unpaired) electrons. The Morgan fingerprint density at radius 2 is 1.94 bits per heavy atom. The minimum Gasteiger partial charge on any atom is -0.508 e. The highest BCUT2D eigenvalue weighted by atomic mass is 16.6. The van der Waals surface area contributed by atoms with E-state index in [9.17, 15) is 15.2 Å². The molecule has 0 fully saturated rings. The SMILES string of the molecule is O=[N+]([O-])c1ccc(-c2ccc(O)cc2O)nc1. The first kappa shape index (κ1) is 10.9. The number of nitro groups is 1. The van der Waals surface area contributed by atoms with E-state index in [1.807, 2.05) is 0 Å². The summed E-state index contributed by atoms with van der Waals surface area (Å²) < 4.78 is 0. The van der Waals surface area contributed by atoms with E-state index in [1.165, 1.54) is 30.3 Å². The van der Waals surface area contributed by atoms with Gasteiger partial charge in [0.15, 0.2) is 0 Å². The van der Waals surface area contributed by atoms with Crippen molar-refractivity contribution in [3.8, 4) is 22.8 Å². The molecule has 6 heteroatoms. The summed E-state index contributed by atoms with van der Waals surface area (Å²) in [7, 11) is 0. The molecular weight excluding hydrogens is 224 g/mol. The molecule has 0 bridgehead atoms. The summed E-state index contributed by atoms with van der Waals surface area (Å²) >= 11 is 0. The van der Waals surface area contributed by atoms with Gasteiger partial charge in [0.1, 0.15) is 17.7 Å². The first-order valence-electron chi connectivity index (χ1n) is 4.71. The number of nitrogens with zero attached hydrogens (tertiary/aromatic N) is 2. The molecule has 0 saturated heterocycles. The minimum absolute atomic E-state index is 0.0619. The zero-order valence-electron chi connectivity index (χ0n) is 8.57. The molecule has 2 rings (SSSR count). The number of hydrogen-bond donors (Lipinski definition) is 2. The van der Waals surface area contributed by atoms with Crippen molar-refractivity contribution in [2.45, 2.75) is 0 Å². The van der Waals surface area contributed by atoms with Crippen molar-refractivity contribution in [2.75, 3.05) is 0 Å². The molecule has 6 nitrogen and oxygen atoms in total. The van der Waals surface area contributed by atoms with Crippen LogP contribution in [0.1, 0.15) is 0 Å². The molecule has 1 aromatic heterocycles. The zero-order valence-corrected chi connectivity index (χ0v) is 8.57. The molecule has 0 spiro atoms. The van der Waals surface area contributed by atoms with Gasteiger partial charge < -0.3 is 10.2 Å². The second-order valence-corrected chi connectivity index (χ2v) is 3.36. The van der Waals surface area contributed by atoms with Crippen molar-refractivity contribution in [3.63, 3.8) is 0 Å². The largest absolute Gasteiger partial charge is 0.508 e. The Labute approximate surface area is 95.9 Å². The highest BCUT2D eigenvalue weighted by Gasteiger charge is 2.09. The van der Waals surface area contributed by atoms with Gasteiger partial charge in [-0.2, -0.15) is 0 Å². The molecule has 86 valence electrons. The van der Waals surface area contributed by atoms with Crippen molar-refractivity contribution < 1.29 is 15.1 Å². The fourth-order valence-corrected chi connectivity index (χ4v) is 1.39. The van der Waals surface area contributed by atoms with Crippen molar-refractivity contribution >= 4 is 5.69 Å². The van der Waals surface area contributed by atoms with Gasteiger partial charge in [0.2, 0.25) is 0 Å². The quantitative estimate of drug-likeness (QED) is 0.610. The van der Waals surface area contributed by atoms with Gasteiger partial charge in [-0.1, -0.05) is 0 Å². The van der Waals surface area contributed by atoms with Crippen LogP contribution in [0, 0.1) is 10.1 Å². The normalized spacial score (nSPS) is 10.1. The van der Waals surface area contributed by atoms with Gasteiger partial charge in [0, 0.05) is 17.7 Å². The van der Waals surface area contributed by atoms with Gasteiger partial charge in [0.25, 0.3) is 5.69 Å². The molecule has 0 aliphatic rings. The van der Waals surface area contributed by atoms with Crippen LogP contribution in [0.25, 0.3) is 11.3 Å². The third-order valence-electron chi connectivity index (χ3n) is 2.22. The highest BCUT2D eigenvalue weighted by Crippen LogP contribution is 2.31. The van der Waals surface area contributed by atoms with E-state index in [4.69, 9.17) is 5.11 Å². The van der Waals surface area contributed by atoms with Crippen LogP contribution in [0.2, 0.25) is 0 Å². The Bertz CT molecular complexity index is 566. The molecule has 0 saturated carbocycles. The summed E-state index contributed by atoms with van der Waals surface area (Å²) in [4.78, 5) is 13.8. The topological polar surface area (TPSA) is 96.5 Å². The van der Waals surface area contributed by atoms with Crippen molar-refractivity contribution in [1.29, 1.82) is 0 Å². The number of rotatable bonds is 2. The summed E-state index contributed by atoms with van der Waals surface area (Å²) in [5.74, 6) is -0.195. The predicted molar refractivity (Wildman–Crippen MR) is 59.7 cm³/mol. The minimum atomic E-state index is -0.548. The van der Waals surface area contributed by atoms with Crippen molar-refractivity contribution in [2.24, 2.45) is 0 Å². The number of benzene rings is 1. The third-order valence-corrected chi connectivity index (χ3v) is 2.22. The summed E-state index contributed by atoms with van der Waals surface area (Å²) in [5.41, 5.74) is 0.679. The number of aromatic nitrogens is 1. The van der Waals surface area contributed by atoms with E-state index in [2.05, 4.69) is 4.98 Å². The molecular formula is C11H8N2O4. The Kier molecular flexibility index (Phi) is 2.61. The van der Waals surface area contributed by atoms with Gasteiger partial charge >= 0.3 is 0 Å². The van der Waals surface area contributed by atoms with Gasteiger partial charge in [0.05, 0.1) is 10.6 Å². The maximum Gasteiger partial charge on any atom is 0.287 e. The van der Waals surface area contributed by atoms with Crippen LogP contribution in [0.3, 0.4) is 0 Å². The van der Waals surface area contributed by atoms with Crippen molar-refractivity contribution in [3.05, 3.63) is 46.6 Å². The van der Waals surface area contributed by atoms with Crippen LogP contribution >= 0.6 is 0 Å². The highest BCUT2D eigenvalue weighted by molar-refractivity contribution is 5.68. The zero-order chi connectivity index (χ0) is 12.4. The first-order chi connectivity index (χ1) is 8.08. The maximum absolute atomic E-state index is 10.4. The number of hydrogen-bond acceptors (Lipinski definition) is 5. The van der Waals surface area contributed by atoms with E-state index in [0.29, 0.717) is 11.3 Å². The second kappa shape index (κ2) is 4.09. The Morgan fingerprint density at radius 1 is 1.18 bits per heavy atom. The van der Waals surface area contributed by atoms with Gasteiger partial charge in [-0.25, -0.2) is 4.98 Å². The molecule has 0 unspecified atom stereocenters. The Morgan fingerprint density at radius 3 is 2.47 bits per heavy atom. The van der Waals surface area contributed by atoms with E-state index < -0.39 is 4.92 Å². The molecule has 0 amide bonds. The van der Waals surface area contributed by atoms with Crippen LogP contribution in [0.4, 0.5) is 5.69 Å². The van der Waals surface area contributed by atoms with Crippen LogP contribution < -0.4 is 0 Å². The summed E-state index contributed by atoms with van der Waals surface area (Å²) in [5, 5.41) is 29.2. The van der Waals surface area contributed by atoms with E-state index in [0.717, 1.165) is 6.20 Å². The molecule has 1 aromatic carbocycles. The van der Waals surface area contributed by atoms with Gasteiger partial charge in [-0.05, 0) is 18.2 Å². The van der Waals surface area contributed by atoms with E-state index in [1.54, 1.807) is 0 Å². The van der Waals surface area contributed by atoms with Crippen LogP contribution in [0.15, 0.2) is 36.5 Å². The lowest BCUT2D eigenvalue weighted by Gasteiger charge is -2.03. The first-order valence-corrected chi connectivity index (χ1v) is 4.71. The lowest BCUT2D eigenvalue weighted by Crippen LogP contribution is -1.90. The fraction of sp³-hybridized carbons (Fsp3) is 0. The van der Waals surface area contributed by atoms with E-state index >= 15 is 0 Å². The molecule has 2 aromatic rings. The number of aromatic hydroxyl groups is 2. The molecule has 2 N–H and O–H groups in total. The standard InChI is InChI=1S/C11H8N2O4/c14-8-2-3-9(11(15)5-8)10-4-1-7(6-12-10)13(16)17/h1-6,14-15H. The average Bonchev–Trinajstić information content (AvgIpc) is 2.29. The monoisotopic (exact) mass is 232 g/mol.